The van der Waals surface area contributed by atoms with Gasteiger partial charge in [-0.25, -0.2) is 0 Å². The number of benzene rings is 1. The molecule has 0 spiro atoms. The first-order valence-corrected chi connectivity index (χ1v) is 5.78. The van der Waals surface area contributed by atoms with Crippen molar-refractivity contribution in [3.8, 4) is 0 Å². The summed E-state index contributed by atoms with van der Waals surface area (Å²) in [5.41, 5.74) is 7.97. The van der Waals surface area contributed by atoms with Gasteiger partial charge in [0, 0.05) is 10.6 Å². The van der Waals surface area contributed by atoms with E-state index in [4.69, 9.17) is 5.73 Å². The summed E-state index contributed by atoms with van der Waals surface area (Å²) in [4.78, 5) is 1.22. The first kappa shape index (κ1) is 10.0. The van der Waals surface area contributed by atoms with Gasteiger partial charge in [-0.3, -0.25) is 0 Å². The maximum absolute atomic E-state index is 9.35. The second-order valence-corrected chi connectivity index (χ2v) is 5.05. The Labute approximate surface area is 88.5 Å². The standard InChI is InChI=1S/C11H15NOS/c1-8-2-3-10-9(6-8)11(12,7-13)4-5-14-10/h2-3,6,13H,4-5,7,12H2,1H3. The zero-order valence-corrected chi connectivity index (χ0v) is 9.10. The maximum Gasteiger partial charge on any atom is 0.0663 e. The van der Waals surface area contributed by atoms with Crippen molar-refractivity contribution in [3.63, 3.8) is 0 Å². The van der Waals surface area contributed by atoms with E-state index in [0.717, 1.165) is 17.7 Å². The lowest BCUT2D eigenvalue weighted by Gasteiger charge is -2.33. The van der Waals surface area contributed by atoms with E-state index < -0.39 is 5.54 Å². The van der Waals surface area contributed by atoms with Crippen LogP contribution in [0.25, 0.3) is 0 Å². The number of rotatable bonds is 1. The summed E-state index contributed by atoms with van der Waals surface area (Å²) in [7, 11) is 0. The Morgan fingerprint density at radius 1 is 1.57 bits per heavy atom. The van der Waals surface area contributed by atoms with E-state index in [9.17, 15) is 5.11 Å². The van der Waals surface area contributed by atoms with Crippen molar-refractivity contribution >= 4 is 11.8 Å². The fourth-order valence-corrected chi connectivity index (χ4v) is 3.07. The van der Waals surface area contributed by atoms with Crippen LogP contribution in [0, 0.1) is 6.92 Å². The van der Waals surface area contributed by atoms with Gasteiger partial charge in [-0.15, -0.1) is 11.8 Å². The molecule has 1 aliphatic rings. The van der Waals surface area contributed by atoms with Gasteiger partial charge in [0.1, 0.15) is 0 Å². The van der Waals surface area contributed by atoms with Gasteiger partial charge in [0.05, 0.1) is 12.1 Å². The van der Waals surface area contributed by atoms with Crippen molar-refractivity contribution in [2.75, 3.05) is 12.4 Å². The van der Waals surface area contributed by atoms with Gasteiger partial charge >= 0.3 is 0 Å². The highest BCUT2D eigenvalue weighted by atomic mass is 32.2. The lowest BCUT2D eigenvalue weighted by Crippen LogP contribution is -2.43. The highest BCUT2D eigenvalue weighted by Crippen LogP contribution is 2.38. The average molecular weight is 209 g/mol. The summed E-state index contributed by atoms with van der Waals surface area (Å²) < 4.78 is 0. The molecule has 2 rings (SSSR count). The SMILES string of the molecule is Cc1ccc2c(c1)C(N)(CO)CCS2. The molecule has 0 amide bonds. The summed E-state index contributed by atoms with van der Waals surface area (Å²) in [6, 6.07) is 6.29. The van der Waals surface area contributed by atoms with Crippen LogP contribution in [-0.2, 0) is 5.54 Å². The van der Waals surface area contributed by atoms with Crippen LogP contribution < -0.4 is 5.73 Å². The minimum Gasteiger partial charge on any atom is -0.394 e. The van der Waals surface area contributed by atoms with E-state index in [1.165, 1.54) is 10.5 Å². The zero-order valence-electron chi connectivity index (χ0n) is 8.29. The Hall–Kier alpha value is -0.510. The van der Waals surface area contributed by atoms with E-state index in [0.29, 0.717) is 0 Å². The fourth-order valence-electron chi connectivity index (χ4n) is 1.80. The number of aryl methyl sites for hydroxylation is 1. The van der Waals surface area contributed by atoms with E-state index in [-0.39, 0.29) is 6.61 Å². The molecule has 1 aromatic carbocycles. The first-order valence-electron chi connectivity index (χ1n) is 4.79. The smallest absolute Gasteiger partial charge is 0.0663 e. The van der Waals surface area contributed by atoms with Crippen LogP contribution in [0.2, 0.25) is 0 Å². The summed E-state index contributed by atoms with van der Waals surface area (Å²) in [5.74, 6) is 0.993. The van der Waals surface area contributed by atoms with Gasteiger partial charge in [-0.2, -0.15) is 0 Å². The third-order valence-electron chi connectivity index (χ3n) is 2.76. The Kier molecular flexibility index (Phi) is 2.56. The van der Waals surface area contributed by atoms with Crippen molar-refractivity contribution in [2.45, 2.75) is 23.8 Å². The molecule has 76 valence electrons. The Morgan fingerprint density at radius 2 is 2.36 bits per heavy atom. The predicted octanol–water partition coefficient (Wildman–Crippen LogP) is 1.64. The van der Waals surface area contributed by atoms with Crippen LogP contribution in [-0.4, -0.2) is 17.5 Å². The van der Waals surface area contributed by atoms with Crippen LogP contribution in [0.1, 0.15) is 17.5 Å². The summed E-state index contributed by atoms with van der Waals surface area (Å²) in [5, 5.41) is 9.35. The van der Waals surface area contributed by atoms with Gasteiger partial charge in [0.15, 0.2) is 0 Å². The van der Waals surface area contributed by atoms with Crippen LogP contribution in [0.3, 0.4) is 0 Å². The second-order valence-electron chi connectivity index (χ2n) is 3.91. The molecule has 0 saturated carbocycles. The molecule has 0 aromatic heterocycles. The maximum atomic E-state index is 9.35. The molecule has 1 aromatic rings. The van der Waals surface area contributed by atoms with Gasteiger partial charge in [-0.05, 0) is 25.0 Å². The Morgan fingerprint density at radius 3 is 3.07 bits per heavy atom. The third-order valence-corrected chi connectivity index (χ3v) is 3.83. The molecule has 1 aliphatic heterocycles. The summed E-state index contributed by atoms with van der Waals surface area (Å²) in [6.07, 6.45) is 0.852. The number of hydrogen-bond acceptors (Lipinski definition) is 3. The van der Waals surface area contributed by atoms with Crippen molar-refractivity contribution in [1.29, 1.82) is 0 Å². The molecule has 0 saturated heterocycles. The quantitative estimate of drug-likeness (QED) is 0.739. The minimum atomic E-state index is -0.521. The van der Waals surface area contributed by atoms with E-state index in [1.807, 2.05) is 11.8 Å². The molecule has 0 radical (unpaired) electrons. The number of aliphatic hydroxyl groups is 1. The summed E-state index contributed by atoms with van der Waals surface area (Å²) >= 11 is 1.82. The van der Waals surface area contributed by atoms with Crippen molar-refractivity contribution in [2.24, 2.45) is 5.73 Å². The number of hydrogen-bond donors (Lipinski definition) is 2. The monoisotopic (exact) mass is 209 g/mol. The molecule has 3 heteroatoms. The lowest BCUT2D eigenvalue weighted by molar-refractivity contribution is 0.189. The van der Waals surface area contributed by atoms with Gasteiger partial charge in [0.25, 0.3) is 0 Å². The molecule has 2 nitrogen and oxygen atoms in total. The molecule has 14 heavy (non-hydrogen) atoms. The lowest BCUT2D eigenvalue weighted by atomic mass is 9.88. The van der Waals surface area contributed by atoms with E-state index in [1.54, 1.807) is 0 Å². The van der Waals surface area contributed by atoms with Gasteiger partial charge in [0.2, 0.25) is 0 Å². The van der Waals surface area contributed by atoms with E-state index >= 15 is 0 Å². The molecule has 1 atom stereocenters. The molecular weight excluding hydrogens is 194 g/mol. The Balaban J connectivity index is 2.52. The molecule has 1 heterocycles. The molecule has 0 aliphatic carbocycles. The zero-order chi connectivity index (χ0) is 10.2. The fraction of sp³-hybridized carbons (Fsp3) is 0.455. The van der Waals surface area contributed by atoms with Crippen molar-refractivity contribution in [1.82, 2.24) is 0 Å². The van der Waals surface area contributed by atoms with Gasteiger partial charge < -0.3 is 10.8 Å². The molecule has 1 unspecified atom stereocenters. The van der Waals surface area contributed by atoms with E-state index in [2.05, 4.69) is 25.1 Å². The van der Waals surface area contributed by atoms with Crippen LogP contribution in [0.15, 0.2) is 23.1 Å². The predicted molar refractivity (Wildman–Crippen MR) is 59.5 cm³/mol. The number of thioether (sulfide) groups is 1. The van der Waals surface area contributed by atoms with Crippen LogP contribution >= 0.6 is 11.8 Å². The van der Waals surface area contributed by atoms with Crippen LogP contribution in [0.4, 0.5) is 0 Å². The normalized spacial score (nSPS) is 25.9. The largest absolute Gasteiger partial charge is 0.394 e. The number of aliphatic hydroxyl groups excluding tert-OH is 1. The van der Waals surface area contributed by atoms with Crippen molar-refractivity contribution < 1.29 is 5.11 Å². The molecule has 3 N–H and O–H groups in total. The van der Waals surface area contributed by atoms with Crippen molar-refractivity contribution in [3.05, 3.63) is 29.3 Å². The molecule has 0 bridgehead atoms. The topological polar surface area (TPSA) is 46.2 Å². The summed E-state index contributed by atoms with van der Waals surface area (Å²) in [6.45, 7) is 2.08. The second kappa shape index (κ2) is 3.57. The van der Waals surface area contributed by atoms with Gasteiger partial charge in [-0.1, -0.05) is 17.7 Å². The Bertz CT molecular complexity index is 353. The minimum absolute atomic E-state index is 0.0318. The van der Waals surface area contributed by atoms with Crippen LogP contribution in [0.5, 0.6) is 0 Å². The first-order chi connectivity index (χ1) is 6.65. The third kappa shape index (κ3) is 1.56. The highest BCUT2D eigenvalue weighted by molar-refractivity contribution is 7.99. The molecular formula is C11H15NOS. The molecule has 0 fully saturated rings. The number of nitrogens with two attached hydrogens (primary N) is 1. The number of fused-ring (bicyclic) bond motifs is 1. The highest BCUT2D eigenvalue weighted by Gasteiger charge is 2.32. The average Bonchev–Trinajstić information content (AvgIpc) is 2.20.